The zero-order valence-corrected chi connectivity index (χ0v) is 15.4. The molecule has 0 bridgehead atoms. The summed E-state index contributed by atoms with van der Waals surface area (Å²) < 4.78 is 27.7. The Kier molecular flexibility index (Phi) is 4.91. The average molecular weight is 417 g/mol. The Balaban J connectivity index is 1.76. The standard InChI is InChI=1S/C15H15BrClN3O2S/c16-12-4-5-14(13(17)11-12)23(21,22)20-9-7-19(8-10-20)15-3-1-2-6-18-15/h1-6,11H,7-10H2. The zero-order valence-electron chi connectivity index (χ0n) is 12.2. The van der Waals surface area contributed by atoms with Crippen LogP contribution in [0.15, 0.2) is 52.0 Å². The molecule has 23 heavy (non-hydrogen) atoms. The Labute approximate surface area is 149 Å². The van der Waals surface area contributed by atoms with Gasteiger partial charge in [-0.15, -0.1) is 0 Å². The summed E-state index contributed by atoms with van der Waals surface area (Å²) in [6.45, 7) is 2.02. The minimum Gasteiger partial charge on any atom is -0.354 e. The summed E-state index contributed by atoms with van der Waals surface area (Å²) in [6.07, 6.45) is 1.74. The van der Waals surface area contributed by atoms with Crippen LogP contribution in [0, 0.1) is 0 Å². The smallest absolute Gasteiger partial charge is 0.244 e. The molecule has 8 heteroatoms. The third kappa shape index (κ3) is 3.52. The fourth-order valence-electron chi connectivity index (χ4n) is 2.52. The summed E-state index contributed by atoms with van der Waals surface area (Å²) in [5, 5.41) is 0.228. The van der Waals surface area contributed by atoms with E-state index in [9.17, 15) is 8.42 Å². The number of pyridine rings is 1. The van der Waals surface area contributed by atoms with Crippen LogP contribution in [0.25, 0.3) is 0 Å². The molecule has 0 radical (unpaired) electrons. The van der Waals surface area contributed by atoms with Gasteiger partial charge < -0.3 is 4.90 Å². The van der Waals surface area contributed by atoms with Crippen LogP contribution in [0.5, 0.6) is 0 Å². The first-order valence-corrected chi connectivity index (χ1v) is 9.71. The van der Waals surface area contributed by atoms with E-state index in [4.69, 9.17) is 11.6 Å². The van der Waals surface area contributed by atoms with E-state index in [1.54, 1.807) is 18.3 Å². The average Bonchev–Trinajstić information content (AvgIpc) is 2.55. The molecule has 0 spiro atoms. The molecule has 0 atom stereocenters. The van der Waals surface area contributed by atoms with Crippen molar-refractivity contribution >= 4 is 43.4 Å². The highest BCUT2D eigenvalue weighted by Crippen LogP contribution is 2.28. The van der Waals surface area contributed by atoms with Crippen LogP contribution < -0.4 is 4.90 Å². The third-order valence-electron chi connectivity index (χ3n) is 3.72. The van der Waals surface area contributed by atoms with Crippen LogP contribution in [0.3, 0.4) is 0 Å². The van der Waals surface area contributed by atoms with Gasteiger partial charge >= 0.3 is 0 Å². The van der Waals surface area contributed by atoms with Crippen molar-refractivity contribution < 1.29 is 8.42 Å². The van der Waals surface area contributed by atoms with E-state index in [1.165, 1.54) is 10.4 Å². The number of hydrogen-bond donors (Lipinski definition) is 0. The van der Waals surface area contributed by atoms with Crippen LogP contribution in [-0.2, 0) is 10.0 Å². The number of nitrogens with zero attached hydrogens (tertiary/aromatic N) is 3. The number of sulfonamides is 1. The molecule has 5 nitrogen and oxygen atoms in total. The number of piperazine rings is 1. The van der Waals surface area contributed by atoms with Gasteiger partial charge in [0.05, 0.1) is 5.02 Å². The van der Waals surface area contributed by atoms with E-state index in [0.29, 0.717) is 26.2 Å². The minimum atomic E-state index is -3.58. The second-order valence-electron chi connectivity index (χ2n) is 5.15. The van der Waals surface area contributed by atoms with Crippen molar-refractivity contribution in [3.8, 4) is 0 Å². The van der Waals surface area contributed by atoms with Crippen LogP contribution in [0.2, 0.25) is 5.02 Å². The maximum Gasteiger partial charge on any atom is 0.244 e. The molecule has 1 aromatic carbocycles. The molecule has 0 saturated carbocycles. The minimum absolute atomic E-state index is 0.147. The van der Waals surface area contributed by atoms with E-state index in [0.717, 1.165) is 10.3 Å². The predicted octanol–water partition coefficient (Wildman–Crippen LogP) is 3.01. The molecule has 1 fully saturated rings. The van der Waals surface area contributed by atoms with Crippen molar-refractivity contribution in [2.75, 3.05) is 31.1 Å². The highest BCUT2D eigenvalue weighted by Gasteiger charge is 2.30. The van der Waals surface area contributed by atoms with E-state index < -0.39 is 10.0 Å². The molecular formula is C15H15BrClN3O2S. The first kappa shape index (κ1) is 16.7. The monoisotopic (exact) mass is 415 g/mol. The number of rotatable bonds is 3. The second-order valence-corrected chi connectivity index (χ2v) is 8.38. The van der Waals surface area contributed by atoms with Crippen molar-refractivity contribution in [2.24, 2.45) is 0 Å². The van der Waals surface area contributed by atoms with E-state index in [-0.39, 0.29) is 9.92 Å². The first-order valence-electron chi connectivity index (χ1n) is 7.10. The number of halogens is 2. The summed E-state index contributed by atoms with van der Waals surface area (Å²) in [4.78, 5) is 6.53. The molecule has 122 valence electrons. The van der Waals surface area contributed by atoms with Crippen LogP contribution in [-0.4, -0.2) is 43.9 Å². The molecule has 2 heterocycles. The Morgan fingerprint density at radius 3 is 2.43 bits per heavy atom. The second kappa shape index (κ2) is 6.76. The fraction of sp³-hybridized carbons (Fsp3) is 0.267. The lowest BCUT2D eigenvalue weighted by Gasteiger charge is -2.34. The number of benzene rings is 1. The van der Waals surface area contributed by atoms with Crippen molar-refractivity contribution in [3.05, 3.63) is 52.1 Å². The Bertz CT molecular complexity index is 794. The maximum absolute atomic E-state index is 12.8. The lowest BCUT2D eigenvalue weighted by Crippen LogP contribution is -2.48. The fourth-order valence-corrected chi connectivity index (χ4v) is 4.96. The molecule has 1 saturated heterocycles. The van der Waals surface area contributed by atoms with E-state index >= 15 is 0 Å². The van der Waals surface area contributed by atoms with Gasteiger partial charge in [-0.25, -0.2) is 13.4 Å². The quantitative estimate of drug-likeness (QED) is 0.772. The molecule has 0 amide bonds. The van der Waals surface area contributed by atoms with Gasteiger partial charge in [-0.3, -0.25) is 0 Å². The maximum atomic E-state index is 12.8. The number of aromatic nitrogens is 1. The van der Waals surface area contributed by atoms with Gasteiger partial charge in [0.2, 0.25) is 10.0 Å². The topological polar surface area (TPSA) is 53.5 Å². The van der Waals surface area contributed by atoms with Gasteiger partial charge in [0.1, 0.15) is 10.7 Å². The van der Waals surface area contributed by atoms with Gasteiger partial charge in [0.25, 0.3) is 0 Å². The van der Waals surface area contributed by atoms with Gasteiger partial charge in [0, 0.05) is 36.8 Å². The van der Waals surface area contributed by atoms with Gasteiger partial charge in [0.15, 0.2) is 0 Å². The molecule has 0 aliphatic carbocycles. The highest BCUT2D eigenvalue weighted by molar-refractivity contribution is 9.10. The summed E-state index contributed by atoms with van der Waals surface area (Å²) >= 11 is 9.39. The lowest BCUT2D eigenvalue weighted by atomic mass is 10.3. The van der Waals surface area contributed by atoms with E-state index in [2.05, 4.69) is 25.8 Å². The normalized spacial score (nSPS) is 16.5. The molecule has 0 unspecified atom stereocenters. The molecule has 2 aromatic rings. The molecule has 1 aromatic heterocycles. The van der Waals surface area contributed by atoms with Gasteiger partial charge in [-0.05, 0) is 30.3 Å². The summed E-state index contributed by atoms with van der Waals surface area (Å²) in [7, 11) is -3.58. The van der Waals surface area contributed by atoms with Crippen molar-refractivity contribution in [1.82, 2.24) is 9.29 Å². The third-order valence-corrected chi connectivity index (χ3v) is 6.60. The summed E-state index contributed by atoms with van der Waals surface area (Å²) in [5.41, 5.74) is 0. The Morgan fingerprint density at radius 1 is 1.09 bits per heavy atom. The molecule has 1 aliphatic rings. The number of hydrogen-bond acceptors (Lipinski definition) is 4. The SMILES string of the molecule is O=S(=O)(c1ccc(Br)cc1Cl)N1CCN(c2ccccn2)CC1. The predicted molar refractivity (Wildman–Crippen MR) is 94.4 cm³/mol. The van der Waals surface area contributed by atoms with E-state index in [1.807, 2.05) is 18.2 Å². The Hall–Kier alpha value is -1.15. The van der Waals surface area contributed by atoms with Crippen LogP contribution in [0.1, 0.15) is 0 Å². The molecule has 3 rings (SSSR count). The molecule has 0 N–H and O–H groups in total. The van der Waals surface area contributed by atoms with Crippen molar-refractivity contribution in [2.45, 2.75) is 4.90 Å². The number of anilines is 1. The van der Waals surface area contributed by atoms with Crippen molar-refractivity contribution in [3.63, 3.8) is 0 Å². The summed E-state index contributed by atoms with van der Waals surface area (Å²) in [6, 6.07) is 10.5. The lowest BCUT2D eigenvalue weighted by molar-refractivity contribution is 0.384. The first-order chi connectivity index (χ1) is 11.0. The van der Waals surface area contributed by atoms with Crippen LogP contribution in [0.4, 0.5) is 5.82 Å². The van der Waals surface area contributed by atoms with Gasteiger partial charge in [-0.2, -0.15) is 4.31 Å². The van der Waals surface area contributed by atoms with Crippen molar-refractivity contribution in [1.29, 1.82) is 0 Å². The largest absolute Gasteiger partial charge is 0.354 e. The zero-order chi connectivity index (χ0) is 16.4. The summed E-state index contributed by atoms with van der Waals surface area (Å²) in [5.74, 6) is 0.867. The molecule has 1 aliphatic heterocycles. The highest BCUT2D eigenvalue weighted by atomic mass is 79.9. The van der Waals surface area contributed by atoms with Gasteiger partial charge in [-0.1, -0.05) is 33.6 Å². The Morgan fingerprint density at radius 2 is 1.83 bits per heavy atom. The van der Waals surface area contributed by atoms with Crippen LogP contribution >= 0.6 is 27.5 Å². The molecular weight excluding hydrogens is 402 g/mol.